The van der Waals surface area contributed by atoms with Gasteiger partial charge < -0.3 is 15.8 Å². The summed E-state index contributed by atoms with van der Waals surface area (Å²) in [6, 6.07) is 11.0. The van der Waals surface area contributed by atoms with Crippen LogP contribution < -0.4 is 15.8 Å². The van der Waals surface area contributed by atoms with E-state index < -0.39 is 0 Å². The normalized spacial score (nSPS) is 10.2. The fraction of sp³-hybridized carbons (Fsp3) is 0.235. The van der Waals surface area contributed by atoms with Crippen LogP contribution in [-0.4, -0.2) is 12.5 Å². The molecular weight excluding hydrogens is 264 g/mol. The third kappa shape index (κ3) is 3.75. The molecule has 0 saturated carbocycles. The summed E-state index contributed by atoms with van der Waals surface area (Å²) < 4.78 is 5.81. The van der Waals surface area contributed by atoms with Crippen molar-refractivity contribution in [1.82, 2.24) is 5.32 Å². The quantitative estimate of drug-likeness (QED) is 0.845. The largest absolute Gasteiger partial charge is 0.455 e. The third-order valence-corrected chi connectivity index (χ3v) is 3.03. The van der Waals surface area contributed by atoms with E-state index in [0.717, 1.165) is 16.9 Å². The van der Waals surface area contributed by atoms with E-state index in [4.69, 9.17) is 10.5 Å². The highest BCUT2D eigenvalue weighted by Gasteiger charge is 2.09. The molecule has 4 nitrogen and oxygen atoms in total. The molecule has 21 heavy (non-hydrogen) atoms. The number of rotatable bonds is 4. The van der Waals surface area contributed by atoms with Crippen LogP contribution in [0.15, 0.2) is 36.4 Å². The molecule has 2 rings (SSSR count). The molecule has 2 aromatic carbocycles. The molecular formula is C17H20N2O2. The van der Waals surface area contributed by atoms with E-state index in [1.54, 1.807) is 18.2 Å². The number of nitrogen functional groups attached to an aromatic ring is 1. The SMILES string of the molecule is CCNC(=O)c1ccc(Oc2cc(C)cc(C)c2)c(N)c1. The first-order valence-electron chi connectivity index (χ1n) is 6.93. The fourth-order valence-electron chi connectivity index (χ4n) is 2.16. The summed E-state index contributed by atoms with van der Waals surface area (Å²) in [7, 11) is 0. The van der Waals surface area contributed by atoms with Gasteiger partial charge in [-0.3, -0.25) is 4.79 Å². The summed E-state index contributed by atoms with van der Waals surface area (Å²) in [5, 5.41) is 2.74. The molecule has 0 fully saturated rings. The van der Waals surface area contributed by atoms with E-state index >= 15 is 0 Å². The lowest BCUT2D eigenvalue weighted by Crippen LogP contribution is -2.22. The third-order valence-electron chi connectivity index (χ3n) is 3.03. The molecule has 0 aliphatic heterocycles. The zero-order chi connectivity index (χ0) is 15.4. The van der Waals surface area contributed by atoms with E-state index in [1.807, 2.05) is 32.9 Å². The van der Waals surface area contributed by atoms with Crippen molar-refractivity contribution < 1.29 is 9.53 Å². The minimum atomic E-state index is -0.137. The average molecular weight is 284 g/mol. The minimum absolute atomic E-state index is 0.137. The molecule has 0 saturated heterocycles. The van der Waals surface area contributed by atoms with Gasteiger partial charge in [-0.15, -0.1) is 0 Å². The number of ether oxygens (including phenoxy) is 1. The van der Waals surface area contributed by atoms with E-state index in [1.165, 1.54) is 0 Å². The molecule has 1 amide bonds. The first-order chi connectivity index (χ1) is 9.99. The summed E-state index contributed by atoms with van der Waals surface area (Å²) in [6.07, 6.45) is 0. The van der Waals surface area contributed by atoms with Crippen LogP contribution in [0.25, 0.3) is 0 Å². The van der Waals surface area contributed by atoms with Gasteiger partial charge in [0.05, 0.1) is 5.69 Å². The van der Waals surface area contributed by atoms with E-state index in [0.29, 0.717) is 23.5 Å². The highest BCUT2D eigenvalue weighted by Crippen LogP contribution is 2.29. The highest BCUT2D eigenvalue weighted by atomic mass is 16.5. The maximum atomic E-state index is 11.7. The summed E-state index contributed by atoms with van der Waals surface area (Å²) in [6.45, 7) is 6.49. The molecule has 0 heterocycles. The summed E-state index contributed by atoms with van der Waals surface area (Å²) in [5.41, 5.74) is 9.20. The zero-order valence-electron chi connectivity index (χ0n) is 12.6. The van der Waals surface area contributed by atoms with Crippen LogP contribution in [-0.2, 0) is 0 Å². The van der Waals surface area contributed by atoms with E-state index in [9.17, 15) is 4.79 Å². The van der Waals surface area contributed by atoms with Gasteiger partial charge in [-0.2, -0.15) is 0 Å². The molecule has 0 aromatic heterocycles. The van der Waals surface area contributed by atoms with Crippen molar-refractivity contribution in [2.75, 3.05) is 12.3 Å². The predicted molar refractivity (Wildman–Crippen MR) is 84.9 cm³/mol. The van der Waals surface area contributed by atoms with Gasteiger partial charge in [-0.05, 0) is 62.2 Å². The molecule has 110 valence electrons. The molecule has 0 radical (unpaired) electrons. The molecule has 0 spiro atoms. The van der Waals surface area contributed by atoms with Gasteiger partial charge in [0.15, 0.2) is 0 Å². The van der Waals surface area contributed by atoms with Crippen LogP contribution in [0.1, 0.15) is 28.4 Å². The van der Waals surface area contributed by atoms with Gasteiger partial charge in [0.1, 0.15) is 11.5 Å². The van der Waals surface area contributed by atoms with E-state index in [2.05, 4.69) is 11.4 Å². The lowest BCUT2D eigenvalue weighted by molar-refractivity contribution is 0.0956. The Balaban J connectivity index is 2.23. The van der Waals surface area contributed by atoms with Crippen LogP contribution in [0, 0.1) is 13.8 Å². The Kier molecular flexibility index (Phi) is 4.48. The second kappa shape index (κ2) is 6.31. The zero-order valence-corrected chi connectivity index (χ0v) is 12.6. The lowest BCUT2D eigenvalue weighted by Gasteiger charge is -2.11. The Morgan fingerprint density at radius 1 is 1.14 bits per heavy atom. The number of benzene rings is 2. The van der Waals surface area contributed by atoms with Crippen molar-refractivity contribution in [3.05, 3.63) is 53.1 Å². The van der Waals surface area contributed by atoms with Crippen molar-refractivity contribution in [2.45, 2.75) is 20.8 Å². The number of hydrogen-bond acceptors (Lipinski definition) is 3. The predicted octanol–water partition coefficient (Wildman–Crippen LogP) is 3.43. The maximum Gasteiger partial charge on any atom is 0.251 e. The first kappa shape index (κ1) is 14.9. The number of carbonyl (C=O) groups is 1. The number of amides is 1. The highest BCUT2D eigenvalue weighted by molar-refractivity contribution is 5.95. The number of anilines is 1. The number of hydrogen-bond donors (Lipinski definition) is 2. The van der Waals surface area contributed by atoms with Crippen LogP contribution >= 0.6 is 0 Å². The Morgan fingerprint density at radius 2 is 1.81 bits per heavy atom. The van der Waals surface area contributed by atoms with Crippen LogP contribution in [0.2, 0.25) is 0 Å². The Morgan fingerprint density at radius 3 is 2.38 bits per heavy atom. The maximum absolute atomic E-state index is 11.7. The summed E-state index contributed by atoms with van der Waals surface area (Å²) in [5.74, 6) is 1.15. The number of nitrogens with two attached hydrogens (primary N) is 1. The molecule has 4 heteroatoms. The number of carbonyl (C=O) groups excluding carboxylic acids is 1. The molecule has 0 atom stereocenters. The fourth-order valence-corrected chi connectivity index (χ4v) is 2.16. The Labute approximate surface area is 124 Å². The molecule has 3 N–H and O–H groups in total. The summed E-state index contributed by atoms with van der Waals surface area (Å²) in [4.78, 5) is 11.7. The molecule has 2 aromatic rings. The van der Waals surface area contributed by atoms with Gasteiger partial charge in [0, 0.05) is 12.1 Å². The molecule has 0 bridgehead atoms. The standard InChI is InChI=1S/C17H20N2O2/c1-4-19-17(20)13-5-6-16(15(18)10-13)21-14-8-11(2)7-12(3)9-14/h5-10H,4,18H2,1-3H3,(H,19,20). The van der Waals surface area contributed by atoms with Gasteiger partial charge in [-0.25, -0.2) is 0 Å². The van der Waals surface area contributed by atoms with E-state index in [-0.39, 0.29) is 5.91 Å². The van der Waals surface area contributed by atoms with Gasteiger partial charge in [0.2, 0.25) is 0 Å². The Hall–Kier alpha value is -2.49. The minimum Gasteiger partial charge on any atom is -0.455 e. The lowest BCUT2D eigenvalue weighted by atomic mass is 10.1. The van der Waals surface area contributed by atoms with Crippen LogP contribution in [0.5, 0.6) is 11.5 Å². The molecule has 0 aliphatic rings. The second-order valence-corrected chi connectivity index (χ2v) is 5.04. The van der Waals surface area contributed by atoms with Gasteiger partial charge in [0.25, 0.3) is 5.91 Å². The smallest absolute Gasteiger partial charge is 0.251 e. The molecule has 0 aliphatic carbocycles. The van der Waals surface area contributed by atoms with Crippen molar-refractivity contribution in [2.24, 2.45) is 0 Å². The van der Waals surface area contributed by atoms with Crippen molar-refractivity contribution >= 4 is 11.6 Å². The Bertz CT molecular complexity index is 646. The average Bonchev–Trinajstić information content (AvgIpc) is 2.40. The summed E-state index contributed by atoms with van der Waals surface area (Å²) >= 11 is 0. The number of nitrogens with one attached hydrogen (secondary N) is 1. The molecule has 0 unspecified atom stereocenters. The van der Waals surface area contributed by atoms with Crippen molar-refractivity contribution in [1.29, 1.82) is 0 Å². The monoisotopic (exact) mass is 284 g/mol. The van der Waals surface area contributed by atoms with Crippen molar-refractivity contribution in [3.8, 4) is 11.5 Å². The van der Waals surface area contributed by atoms with Gasteiger partial charge >= 0.3 is 0 Å². The second-order valence-electron chi connectivity index (χ2n) is 5.04. The number of aryl methyl sites for hydroxylation is 2. The van der Waals surface area contributed by atoms with Crippen LogP contribution in [0.3, 0.4) is 0 Å². The topological polar surface area (TPSA) is 64.3 Å². The van der Waals surface area contributed by atoms with Crippen molar-refractivity contribution in [3.63, 3.8) is 0 Å². The van der Waals surface area contributed by atoms with Gasteiger partial charge in [-0.1, -0.05) is 6.07 Å². The first-order valence-corrected chi connectivity index (χ1v) is 6.93. The van der Waals surface area contributed by atoms with Crippen LogP contribution in [0.4, 0.5) is 5.69 Å².